The van der Waals surface area contributed by atoms with Crippen LogP contribution < -0.4 is 16.0 Å². The Labute approximate surface area is 169 Å². The van der Waals surface area contributed by atoms with Crippen LogP contribution in [0.15, 0.2) is 42.6 Å². The van der Waals surface area contributed by atoms with E-state index in [-0.39, 0.29) is 5.92 Å². The van der Waals surface area contributed by atoms with Crippen molar-refractivity contribution < 1.29 is 14.6 Å². The van der Waals surface area contributed by atoms with E-state index in [4.69, 9.17) is 15.6 Å². The predicted octanol–water partition coefficient (Wildman–Crippen LogP) is 3.49. The maximum Gasteiger partial charge on any atom is 0.409 e. The Morgan fingerprint density at radius 2 is 2.07 bits per heavy atom. The fourth-order valence-corrected chi connectivity index (χ4v) is 4.14. The summed E-state index contributed by atoms with van der Waals surface area (Å²) in [6.45, 7) is 5.60. The Hall–Kier alpha value is -3.03. The highest BCUT2D eigenvalue weighted by molar-refractivity contribution is 5.88. The molecule has 7 heteroatoms. The number of ether oxygens (including phenoxy) is 1. The number of morpholine rings is 1. The van der Waals surface area contributed by atoms with Crippen LogP contribution in [-0.2, 0) is 4.74 Å². The molecule has 2 aromatic carbocycles. The van der Waals surface area contributed by atoms with Crippen LogP contribution in [0.1, 0.15) is 22.6 Å². The number of carboxylic acid groups (broad SMARTS) is 1. The van der Waals surface area contributed by atoms with E-state index >= 15 is 0 Å². The second kappa shape index (κ2) is 8.14. The highest BCUT2D eigenvalue weighted by atomic mass is 16.5. The molecule has 1 saturated heterocycles. The van der Waals surface area contributed by atoms with Crippen LogP contribution in [0.25, 0.3) is 10.9 Å². The molecule has 1 fully saturated rings. The number of aromatic amines is 1. The highest BCUT2D eigenvalue weighted by Crippen LogP contribution is 2.35. The minimum absolute atomic E-state index is 0.0424. The second-order valence-electron chi connectivity index (χ2n) is 7.31. The van der Waals surface area contributed by atoms with Gasteiger partial charge < -0.3 is 25.5 Å². The topological polar surface area (TPSA) is 104 Å². The maximum absolute atomic E-state index is 11.1. The van der Waals surface area contributed by atoms with Gasteiger partial charge in [-0.25, -0.2) is 4.79 Å². The Balaban J connectivity index is 1.75. The van der Waals surface area contributed by atoms with Crippen molar-refractivity contribution in [3.63, 3.8) is 0 Å². The summed E-state index contributed by atoms with van der Waals surface area (Å²) in [6.07, 6.45) is 0.943. The molecule has 152 valence electrons. The summed E-state index contributed by atoms with van der Waals surface area (Å²) in [5.74, 6) is -0.0424. The van der Waals surface area contributed by atoms with Crippen LogP contribution in [0.3, 0.4) is 0 Å². The van der Waals surface area contributed by atoms with Gasteiger partial charge in [0.1, 0.15) is 0 Å². The van der Waals surface area contributed by atoms with Crippen molar-refractivity contribution >= 4 is 28.4 Å². The first-order valence-corrected chi connectivity index (χ1v) is 9.81. The van der Waals surface area contributed by atoms with Gasteiger partial charge in [-0.05, 0) is 47.9 Å². The van der Waals surface area contributed by atoms with Gasteiger partial charge in [-0.2, -0.15) is 0 Å². The van der Waals surface area contributed by atoms with Crippen molar-refractivity contribution in [3.05, 3.63) is 59.3 Å². The van der Waals surface area contributed by atoms with Crippen molar-refractivity contribution in [2.75, 3.05) is 43.1 Å². The van der Waals surface area contributed by atoms with Gasteiger partial charge >= 0.3 is 6.09 Å². The molecule has 4 rings (SSSR count). The number of hydrogen-bond donors (Lipinski definition) is 4. The van der Waals surface area contributed by atoms with E-state index in [1.807, 2.05) is 25.3 Å². The lowest BCUT2D eigenvalue weighted by Gasteiger charge is -2.29. The molecule has 1 aliphatic heterocycles. The molecule has 0 saturated carbocycles. The predicted molar refractivity (Wildman–Crippen MR) is 115 cm³/mol. The molecule has 1 aliphatic rings. The zero-order chi connectivity index (χ0) is 20.4. The van der Waals surface area contributed by atoms with Crippen LogP contribution in [0.2, 0.25) is 0 Å². The molecule has 0 aliphatic carbocycles. The molecule has 2 heterocycles. The number of rotatable bonds is 5. The highest BCUT2D eigenvalue weighted by Gasteiger charge is 2.21. The van der Waals surface area contributed by atoms with Crippen molar-refractivity contribution in [2.45, 2.75) is 12.8 Å². The zero-order valence-electron chi connectivity index (χ0n) is 16.4. The van der Waals surface area contributed by atoms with Gasteiger partial charge in [0, 0.05) is 54.0 Å². The first-order chi connectivity index (χ1) is 14.1. The van der Waals surface area contributed by atoms with Gasteiger partial charge in [-0.15, -0.1) is 0 Å². The second-order valence-corrected chi connectivity index (χ2v) is 7.31. The number of amides is 1. The summed E-state index contributed by atoms with van der Waals surface area (Å²) in [7, 11) is 0. The number of anilines is 2. The number of carbonyl (C=O) groups is 1. The minimum Gasteiger partial charge on any atom is -0.465 e. The van der Waals surface area contributed by atoms with Crippen LogP contribution in [-0.4, -0.2) is 49.0 Å². The number of fused-ring (bicyclic) bond motifs is 1. The summed E-state index contributed by atoms with van der Waals surface area (Å²) < 4.78 is 5.47. The quantitative estimate of drug-likeness (QED) is 0.530. The van der Waals surface area contributed by atoms with Gasteiger partial charge in [0.05, 0.1) is 13.2 Å². The number of nitrogens with one attached hydrogen (secondary N) is 2. The summed E-state index contributed by atoms with van der Waals surface area (Å²) in [5, 5.41) is 12.7. The van der Waals surface area contributed by atoms with Gasteiger partial charge in [0.15, 0.2) is 0 Å². The first-order valence-electron chi connectivity index (χ1n) is 9.81. The molecule has 5 N–H and O–H groups in total. The first kappa shape index (κ1) is 19.3. The molecule has 3 aromatic rings. The summed E-state index contributed by atoms with van der Waals surface area (Å²) >= 11 is 0. The summed E-state index contributed by atoms with van der Waals surface area (Å²) in [6, 6.07) is 12.1. The monoisotopic (exact) mass is 394 g/mol. The smallest absolute Gasteiger partial charge is 0.409 e. The van der Waals surface area contributed by atoms with E-state index < -0.39 is 6.09 Å². The molecule has 1 atom stereocenters. The van der Waals surface area contributed by atoms with Crippen LogP contribution >= 0.6 is 0 Å². The molecule has 0 bridgehead atoms. The number of hydrogen-bond acceptors (Lipinski definition) is 4. The Kier molecular flexibility index (Phi) is 5.42. The Morgan fingerprint density at radius 3 is 2.79 bits per heavy atom. The maximum atomic E-state index is 11.1. The normalized spacial score (nSPS) is 15.4. The van der Waals surface area contributed by atoms with Crippen molar-refractivity contribution in [2.24, 2.45) is 5.73 Å². The van der Waals surface area contributed by atoms with Gasteiger partial charge in [0.2, 0.25) is 0 Å². The molecular formula is C22H26N4O3. The molecule has 1 aromatic heterocycles. The largest absolute Gasteiger partial charge is 0.465 e. The lowest BCUT2D eigenvalue weighted by atomic mass is 9.87. The van der Waals surface area contributed by atoms with Crippen LogP contribution in [0.4, 0.5) is 16.2 Å². The molecule has 0 spiro atoms. The van der Waals surface area contributed by atoms with Gasteiger partial charge in [0.25, 0.3) is 0 Å². The van der Waals surface area contributed by atoms with Crippen molar-refractivity contribution in [1.29, 1.82) is 0 Å². The average molecular weight is 394 g/mol. The number of nitrogens with two attached hydrogens (primary N) is 1. The van der Waals surface area contributed by atoms with Crippen molar-refractivity contribution in [3.8, 4) is 0 Å². The Morgan fingerprint density at radius 1 is 1.28 bits per heavy atom. The third kappa shape index (κ3) is 3.79. The Bertz CT molecular complexity index is 1020. The van der Waals surface area contributed by atoms with Crippen LogP contribution in [0.5, 0.6) is 0 Å². The number of aromatic nitrogens is 1. The fraction of sp³-hybridized carbons (Fsp3) is 0.318. The molecule has 1 amide bonds. The van der Waals surface area contributed by atoms with E-state index in [9.17, 15) is 4.79 Å². The van der Waals surface area contributed by atoms with E-state index in [1.165, 1.54) is 5.69 Å². The minimum atomic E-state index is -1.07. The molecule has 7 nitrogen and oxygen atoms in total. The standard InChI is InChI=1S/C22H26N4O3/c1-14-16(3-2-4-20(14)25-22(27)28)18(12-23)19-13-24-21-6-5-15(11-17(19)21)26-7-9-29-10-8-26/h2-6,11,13,18,24-25H,7-10,12,23H2,1H3,(H,27,28). The molecular weight excluding hydrogens is 368 g/mol. The summed E-state index contributed by atoms with van der Waals surface area (Å²) in [4.78, 5) is 16.8. The van der Waals surface area contributed by atoms with Crippen molar-refractivity contribution in [1.82, 2.24) is 4.98 Å². The summed E-state index contributed by atoms with van der Waals surface area (Å²) in [5.41, 5.74) is 12.1. The number of nitrogens with zero attached hydrogens (tertiary/aromatic N) is 1. The number of benzene rings is 2. The lowest BCUT2D eigenvalue weighted by molar-refractivity contribution is 0.122. The zero-order valence-corrected chi connectivity index (χ0v) is 16.4. The fourth-order valence-electron chi connectivity index (χ4n) is 4.14. The molecule has 1 unspecified atom stereocenters. The SMILES string of the molecule is Cc1c(NC(=O)O)cccc1C(CN)c1c[nH]c2ccc(N3CCOCC3)cc12. The van der Waals surface area contributed by atoms with Crippen LogP contribution in [0, 0.1) is 6.92 Å². The average Bonchev–Trinajstić information content (AvgIpc) is 3.15. The lowest BCUT2D eigenvalue weighted by Crippen LogP contribution is -2.36. The van der Waals surface area contributed by atoms with Gasteiger partial charge in [-0.1, -0.05) is 12.1 Å². The third-order valence-corrected chi connectivity index (χ3v) is 5.68. The van der Waals surface area contributed by atoms with Gasteiger partial charge in [-0.3, -0.25) is 5.32 Å². The van der Waals surface area contributed by atoms with E-state index in [2.05, 4.69) is 33.4 Å². The molecule has 29 heavy (non-hydrogen) atoms. The van der Waals surface area contributed by atoms with E-state index in [0.29, 0.717) is 12.2 Å². The van der Waals surface area contributed by atoms with E-state index in [0.717, 1.165) is 53.9 Å². The van der Waals surface area contributed by atoms with E-state index in [1.54, 1.807) is 6.07 Å². The number of H-pyrrole nitrogens is 1. The third-order valence-electron chi connectivity index (χ3n) is 5.68. The molecule has 0 radical (unpaired) electrons.